The van der Waals surface area contributed by atoms with E-state index in [0.29, 0.717) is 6.54 Å². The Balaban J connectivity index is 1.87. The van der Waals surface area contributed by atoms with Gasteiger partial charge in [0.05, 0.1) is 9.92 Å². The van der Waals surface area contributed by atoms with E-state index in [0.717, 1.165) is 43.6 Å². The predicted molar refractivity (Wildman–Crippen MR) is 96.7 cm³/mol. The van der Waals surface area contributed by atoms with E-state index in [1.54, 1.807) is 4.31 Å². The van der Waals surface area contributed by atoms with Crippen LogP contribution in [0.3, 0.4) is 0 Å². The summed E-state index contributed by atoms with van der Waals surface area (Å²) < 4.78 is 41.2. The third-order valence-electron chi connectivity index (χ3n) is 4.55. The number of hydrogen-bond donors (Lipinski definition) is 0. The molecular formula is C16H22ClFN2O2S2. The standard InChI is InChI=1S/C16H22ClFN2O2S2/c17-15-10-14(4-5-16(15)18)24(21,22)20-8-3-9-23-12-13(20)11-19-6-1-2-7-19/h4-5,10,13H,1-3,6-9,11-12H2. The maximum absolute atomic E-state index is 13.4. The molecule has 134 valence electrons. The lowest BCUT2D eigenvalue weighted by molar-refractivity contribution is 0.243. The monoisotopic (exact) mass is 392 g/mol. The number of rotatable bonds is 4. The average molecular weight is 393 g/mol. The summed E-state index contributed by atoms with van der Waals surface area (Å²) in [5.41, 5.74) is 0. The molecule has 1 aromatic rings. The van der Waals surface area contributed by atoms with Crippen LogP contribution in [0.2, 0.25) is 5.02 Å². The summed E-state index contributed by atoms with van der Waals surface area (Å²) in [5, 5.41) is -0.156. The van der Waals surface area contributed by atoms with Gasteiger partial charge in [0.1, 0.15) is 5.82 Å². The van der Waals surface area contributed by atoms with Crippen LogP contribution in [0.5, 0.6) is 0 Å². The number of sulfonamides is 1. The lowest BCUT2D eigenvalue weighted by atomic mass is 10.3. The minimum Gasteiger partial charge on any atom is -0.302 e. The summed E-state index contributed by atoms with van der Waals surface area (Å²) in [6, 6.07) is 3.60. The molecule has 0 radical (unpaired) electrons. The van der Waals surface area contributed by atoms with Crippen LogP contribution in [-0.4, -0.2) is 61.3 Å². The van der Waals surface area contributed by atoms with Crippen LogP contribution in [0, 0.1) is 5.82 Å². The topological polar surface area (TPSA) is 40.6 Å². The SMILES string of the molecule is O=S(=O)(c1ccc(F)c(Cl)c1)N1CCCSCC1CN1CCCC1. The van der Waals surface area contributed by atoms with Crippen LogP contribution in [0.1, 0.15) is 19.3 Å². The Kier molecular flexibility index (Phi) is 6.08. The van der Waals surface area contributed by atoms with Crippen LogP contribution in [-0.2, 0) is 10.0 Å². The van der Waals surface area contributed by atoms with Crippen molar-refractivity contribution in [2.75, 3.05) is 37.7 Å². The van der Waals surface area contributed by atoms with E-state index in [2.05, 4.69) is 4.90 Å². The smallest absolute Gasteiger partial charge is 0.243 e. The van der Waals surface area contributed by atoms with E-state index in [1.807, 2.05) is 11.8 Å². The summed E-state index contributed by atoms with van der Waals surface area (Å²) in [7, 11) is -3.67. The fourth-order valence-electron chi connectivity index (χ4n) is 3.30. The number of hydrogen-bond acceptors (Lipinski definition) is 4. The van der Waals surface area contributed by atoms with Crippen molar-refractivity contribution in [2.24, 2.45) is 0 Å². The van der Waals surface area contributed by atoms with Gasteiger partial charge in [0, 0.05) is 24.9 Å². The molecule has 3 rings (SSSR count). The third kappa shape index (κ3) is 4.07. The fraction of sp³-hybridized carbons (Fsp3) is 0.625. The molecule has 2 fully saturated rings. The first kappa shape index (κ1) is 18.5. The molecule has 0 N–H and O–H groups in total. The molecule has 2 heterocycles. The van der Waals surface area contributed by atoms with Gasteiger partial charge in [-0.05, 0) is 56.3 Å². The zero-order valence-corrected chi connectivity index (χ0v) is 15.8. The van der Waals surface area contributed by atoms with Gasteiger partial charge < -0.3 is 4.90 Å². The zero-order chi connectivity index (χ0) is 17.2. The van der Waals surface area contributed by atoms with Gasteiger partial charge >= 0.3 is 0 Å². The summed E-state index contributed by atoms with van der Waals surface area (Å²) in [6.45, 7) is 3.35. The Morgan fingerprint density at radius 2 is 1.96 bits per heavy atom. The summed E-state index contributed by atoms with van der Waals surface area (Å²) in [5.74, 6) is 1.16. The van der Waals surface area contributed by atoms with Gasteiger partial charge in [0.2, 0.25) is 10.0 Å². The predicted octanol–water partition coefficient (Wildman–Crippen LogP) is 3.07. The lowest BCUT2D eigenvalue weighted by Gasteiger charge is -2.31. The molecule has 24 heavy (non-hydrogen) atoms. The number of nitrogens with zero attached hydrogens (tertiary/aromatic N) is 2. The Hall–Kier alpha value is -0.340. The second kappa shape index (κ2) is 7.91. The molecule has 2 saturated heterocycles. The minimum absolute atomic E-state index is 0.0515. The second-order valence-corrected chi connectivity index (χ2v) is 9.73. The van der Waals surface area contributed by atoms with Crippen molar-refractivity contribution < 1.29 is 12.8 Å². The quantitative estimate of drug-likeness (QED) is 0.789. The van der Waals surface area contributed by atoms with E-state index < -0.39 is 15.8 Å². The Morgan fingerprint density at radius 3 is 2.67 bits per heavy atom. The molecule has 0 saturated carbocycles. The first-order valence-electron chi connectivity index (χ1n) is 8.25. The van der Waals surface area contributed by atoms with Crippen LogP contribution in [0.4, 0.5) is 4.39 Å². The highest BCUT2D eigenvalue weighted by Gasteiger charge is 2.34. The minimum atomic E-state index is -3.67. The lowest BCUT2D eigenvalue weighted by Crippen LogP contribution is -2.47. The van der Waals surface area contributed by atoms with E-state index >= 15 is 0 Å². The van der Waals surface area contributed by atoms with Crippen molar-refractivity contribution in [3.05, 3.63) is 29.0 Å². The first-order chi connectivity index (χ1) is 11.5. The average Bonchev–Trinajstić information content (AvgIpc) is 2.94. The van der Waals surface area contributed by atoms with Crippen molar-refractivity contribution in [2.45, 2.75) is 30.2 Å². The van der Waals surface area contributed by atoms with Crippen molar-refractivity contribution in [3.8, 4) is 0 Å². The second-order valence-electron chi connectivity index (χ2n) is 6.28. The summed E-state index contributed by atoms with van der Waals surface area (Å²) >= 11 is 7.60. The first-order valence-corrected chi connectivity index (χ1v) is 11.2. The van der Waals surface area contributed by atoms with Crippen LogP contribution in [0.15, 0.2) is 23.1 Å². The van der Waals surface area contributed by atoms with E-state index in [-0.39, 0.29) is 16.0 Å². The van der Waals surface area contributed by atoms with Crippen molar-refractivity contribution in [1.82, 2.24) is 9.21 Å². The molecule has 0 aromatic heterocycles. The maximum atomic E-state index is 13.4. The van der Waals surface area contributed by atoms with Crippen LogP contribution >= 0.6 is 23.4 Å². The highest BCUT2D eigenvalue weighted by Crippen LogP contribution is 2.27. The van der Waals surface area contributed by atoms with Gasteiger partial charge in [-0.3, -0.25) is 0 Å². The maximum Gasteiger partial charge on any atom is 0.243 e. The highest BCUT2D eigenvalue weighted by molar-refractivity contribution is 7.99. The van der Waals surface area contributed by atoms with Gasteiger partial charge in [0.25, 0.3) is 0 Å². The van der Waals surface area contributed by atoms with Gasteiger partial charge in [-0.1, -0.05) is 11.6 Å². The largest absolute Gasteiger partial charge is 0.302 e. The summed E-state index contributed by atoms with van der Waals surface area (Å²) in [4.78, 5) is 2.42. The number of thioether (sulfide) groups is 1. The molecule has 1 unspecified atom stereocenters. The van der Waals surface area contributed by atoms with Gasteiger partial charge in [-0.15, -0.1) is 0 Å². The van der Waals surface area contributed by atoms with E-state index in [1.165, 1.54) is 25.0 Å². The molecule has 2 aliphatic rings. The van der Waals surface area contributed by atoms with Crippen molar-refractivity contribution >= 4 is 33.4 Å². The van der Waals surface area contributed by atoms with Gasteiger partial charge in [-0.2, -0.15) is 16.1 Å². The van der Waals surface area contributed by atoms with Gasteiger partial charge in [0.15, 0.2) is 0 Å². The normalized spacial score (nSPS) is 24.2. The fourth-order valence-corrected chi connectivity index (χ4v) is 6.38. The summed E-state index contributed by atoms with van der Waals surface area (Å²) in [6.07, 6.45) is 3.19. The molecule has 1 aromatic carbocycles. The molecular weight excluding hydrogens is 371 g/mol. The van der Waals surface area contributed by atoms with E-state index in [9.17, 15) is 12.8 Å². The molecule has 4 nitrogen and oxygen atoms in total. The van der Waals surface area contributed by atoms with E-state index in [4.69, 9.17) is 11.6 Å². The third-order valence-corrected chi connectivity index (χ3v) is 7.99. The van der Waals surface area contributed by atoms with Gasteiger partial charge in [-0.25, -0.2) is 12.8 Å². The molecule has 8 heteroatoms. The molecule has 0 amide bonds. The molecule has 0 aliphatic carbocycles. The van der Waals surface area contributed by atoms with Crippen molar-refractivity contribution in [3.63, 3.8) is 0 Å². The molecule has 2 aliphatic heterocycles. The Bertz CT molecular complexity index is 681. The number of benzene rings is 1. The van der Waals surface area contributed by atoms with Crippen molar-refractivity contribution in [1.29, 1.82) is 0 Å². The number of halogens is 2. The number of likely N-dealkylation sites (tertiary alicyclic amines) is 1. The zero-order valence-electron chi connectivity index (χ0n) is 13.5. The van der Waals surface area contributed by atoms with Crippen LogP contribution in [0.25, 0.3) is 0 Å². The van der Waals surface area contributed by atoms with Crippen LogP contribution < -0.4 is 0 Å². The Labute approximate surface area is 152 Å². The molecule has 0 spiro atoms. The highest BCUT2D eigenvalue weighted by atomic mass is 35.5. The molecule has 0 bridgehead atoms. The molecule has 1 atom stereocenters. The Morgan fingerprint density at radius 1 is 1.21 bits per heavy atom.